The Kier molecular flexibility index (Phi) is 7.37. The van der Waals surface area contributed by atoms with E-state index in [1.165, 1.54) is 42.5 Å². The predicted octanol–water partition coefficient (Wildman–Crippen LogP) is 2.63. The van der Waals surface area contributed by atoms with E-state index in [9.17, 15) is 22.8 Å². The molecule has 2 N–H and O–H groups in total. The Balaban J connectivity index is 2.30. The Hall–Kier alpha value is -3.60. The second kappa shape index (κ2) is 9.74. The summed E-state index contributed by atoms with van der Waals surface area (Å²) in [5.41, 5.74) is 0.235. The second-order valence-corrected chi connectivity index (χ2v) is 7.44. The summed E-state index contributed by atoms with van der Waals surface area (Å²) in [5.74, 6) is -1.51. The van der Waals surface area contributed by atoms with Crippen molar-refractivity contribution in [1.29, 1.82) is 0 Å². The third-order valence-corrected chi connectivity index (χ3v) is 5.11. The first-order valence-corrected chi connectivity index (χ1v) is 10.1. The van der Waals surface area contributed by atoms with Crippen LogP contribution in [0.3, 0.4) is 0 Å². The highest BCUT2D eigenvalue weighted by Crippen LogP contribution is 2.22. The van der Waals surface area contributed by atoms with Crippen molar-refractivity contribution in [2.45, 2.75) is 11.8 Å². The van der Waals surface area contributed by atoms with Crippen LogP contribution >= 0.6 is 0 Å². The zero-order chi connectivity index (χ0) is 22.3. The van der Waals surface area contributed by atoms with Crippen molar-refractivity contribution < 1.29 is 37.0 Å². The Bertz CT molecular complexity index is 1010. The molecule has 160 valence electrons. The number of carbonyl (C=O) groups excluding carboxylic acids is 3. The van der Waals surface area contributed by atoms with Crippen molar-refractivity contribution in [2.24, 2.45) is 0 Å². The first-order valence-electron chi connectivity index (χ1n) is 8.58. The van der Waals surface area contributed by atoms with Gasteiger partial charge in [-0.05, 0) is 49.4 Å². The van der Waals surface area contributed by atoms with Gasteiger partial charge in [0.25, 0.3) is 10.0 Å². The fraction of sp³-hybridized carbons (Fsp3) is 0.211. The first kappa shape index (κ1) is 22.7. The van der Waals surface area contributed by atoms with Crippen LogP contribution in [0.2, 0.25) is 0 Å². The lowest BCUT2D eigenvalue weighted by Gasteiger charge is -2.12. The number of hydrogen-bond acceptors (Lipinski definition) is 8. The van der Waals surface area contributed by atoms with Gasteiger partial charge in [0.05, 0.1) is 42.5 Å². The molecule has 2 aromatic rings. The van der Waals surface area contributed by atoms with E-state index in [0.717, 1.165) is 14.2 Å². The van der Waals surface area contributed by atoms with Crippen LogP contribution in [-0.4, -0.2) is 47.3 Å². The average molecular weight is 436 g/mol. The van der Waals surface area contributed by atoms with Crippen LogP contribution in [0, 0.1) is 0 Å². The normalized spacial score (nSPS) is 10.6. The summed E-state index contributed by atoms with van der Waals surface area (Å²) in [6.07, 6.45) is -0.666. The molecule has 0 aliphatic heterocycles. The zero-order valence-electron chi connectivity index (χ0n) is 16.4. The number of carbonyl (C=O) groups is 3. The average Bonchev–Trinajstić information content (AvgIpc) is 2.72. The van der Waals surface area contributed by atoms with Crippen molar-refractivity contribution in [2.75, 3.05) is 30.9 Å². The van der Waals surface area contributed by atoms with E-state index in [-0.39, 0.29) is 28.3 Å². The molecule has 0 fully saturated rings. The minimum Gasteiger partial charge on any atom is -0.465 e. The largest absolute Gasteiger partial charge is 0.465 e. The van der Waals surface area contributed by atoms with Crippen LogP contribution in [0.15, 0.2) is 47.4 Å². The van der Waals surface area contributed by atoms with Crippen molar-refractivity contribution in [3.63, 3.8) is 0 Å². The van der Waals surface area contributed by atoms with E-state index >= 15 is 0 Å². The topological polar surface area (TPSA) is 137 Å². The molecule has 0 atom stereocenters. The molecule has 0 aromatic heterocycles. The highest BCUT2D eigenvalue weighted by molar-refractivity contribution is 7.92. The number of esters is 2. The van der Waals surface area contributed by atoms with Gasteiger partial charge in [-0.15, -0.1) is 0 Å². The van der Waals surface area contributed by atoms with Gasteiger partial charge in [0.15, 0.2) is 0 Å². The highest BCUT2D eigenvalue weighted by atomic mass is 32.2. The van der Waals surface area contributed by atoms with Gasteiger partial charge in [0.2, 0.25) is 0 Å². The molecule has 0 bridgehead atoms. The highest BCUT2D eigenvalue weighted by Gasteiger charge is 2.19. The molecule has 0 heterocycles. The number of ether oxygens (including phenoxy) is 3. The lowest BCUT2D eigenvalue weighted by Crippen LogP contribution is -2.16. The first-order chi connectivity index (χ1) is 14.2. The van der Waals surface area contributed by atoms with Crippen molar-refractivity contribution >= 4 is 39.4 Å². The molecule has 0 saturated carbocycles. The zero-order valence-corrected chi connectivity index (χ0v) is 17.2. The van der Waals surface area contributed by atoms with E-state index in [1.54, 1.807) is 6.92 Å². The van der Waals surface area contributed by atoms with Gasteiger partial charge in [0.1, 0.15) is 0 Å². The van der Waals surface area contributed by atoms with Gasteiger partial charge in [0, 0.05) is 5.69 Å². The summed E-state index contributed by atoms with van der Waals surface area (Å²) in [6.45, 7) is 1.85. The minimum absolute atomic E-state index is 0.0351. The summed E-state index contributed by atoms with van der Waals surface area (Å²) >= 11 is 0. The number of rotatable bonds is 7. The maximum Gasteiger partial charge on any atom is 0.411 e. The minimum atomic E-state index is -4.07. The monoisotopic (exact) mass is 436 g/mol. The van der Waals surface area contributed by atoms with E-state index in [4.69, 9.17) is 4.74 Å². The molecule has 10 nitrogen and oxygen atoms in total. The lowest BCUT2D eigenvalue weighted by atomic mass is 10.1. The maximum absolute atomic E-state index is 12.7. The smallest absolute Gasteiger partial charge is 0.411 e. The molecule has 0 spiro atoms. The molecule has 30 heavy (non-hydrogen) atoms. The summed E-state index contributed by atoms with van der Waals surface area (Å²) in [6, 6.07) is 9.00. The van der Waals surface area contributed by atoms with E-state index in [1.807, 2.05) is 0 Å². The fourth-order valence-corrected chi connectivity index (χ4v) is 3.41. The van der Waals surface area contributed by atoms with Gasteiger partial charge in [-0.1, -0.05) is 0 Å². The molecular formula is C19H20N2O8S. The van der Waals surface area contributed by atoms with E-state index < -0.39 is 28.1 Å². The Morgan fingerprint density at radius 1 is 0.867 bits per heavy atom. The van der Waals surface area contributed by atoms with Crippen LogP contribution in [-0.2, 0) is 24.2 Å². The third kappa shape index (κ3) is 5.70. The Morgan fingerprint density at radius 2 is 1.40 bits per heavy atom. The lowest BCUT2D eigenvalue weighted by molar-refractivity contribution is 0.0599. The number of methoxy groups -OCH3 is 2. The number of hydrogen-bond donors (Lipinski definition) is 2. The molecule has 2 rings (SSSR count). The summed E-state index contributed by atoms with van der Waals surface area (Å²) < 4.78 is 41.7. The number of sulfonamides is 1. The van der Waals surface area contributed by atoms with Crippen LogP contribution < -0.4 is 10.0 Å². The van der Waals surface area contributed by atoms with Crippen LogP contribution in [0.1, 0.15) is 27.6 Å². The number of anilines is 2. The van der Waals surface area contributed by atoms with Crippen molar-refractivity contribution in [3.05, 3.63) is 53.6 Å². The summed E-state index contributed by atoms with van der Waals surface area (Å²) in [7, 11) is -1.75. The standard InChI is InChI=1S/C19H20N2O8S/c1-4-29-19(24)20-14-5-7-16(8-6-14)30(25,26)21-15-10-12(17(22)27-2)9-13(11-15)18(23)28-3/h5-11,21H,4H2,1-3H3,(H,20,24). The second-order valence-electron chi connectivity index (χ2n) is 5.76. The number of benzene rings is 2. The Labute approximate surface area is 173 Å². The molecule has 0 unspecified atom stereocenters. The molecule has 11 heteroatoms. The Morgan fingerprint density at radius 3 is 1.87 bits per heavy atom. The van der Waals surface area contributed by atoms with Gasteiger partial charge in [-0.2, -0.15) is 0 Å². The molecular weight excluding hydrogens is 416 g/mol. The fourth-order valence-electron chi connectivity index (χ4n) is 2.37. The van der Waals surface area contributed by atoms with Gasteiger partial charge in [-0.3, -0.25) is 10.0 Å². The number of nitrogens with one attached hydrogen (secondary N) is 2. The van der Waals surface area contributed by atoms with Crippen molar-refractivity contribution in [3.8, 4) is 0 Å². The van der Waals surface area contributed by atoms with E-state index in [2.05, 4.69) is 19.5 Å². The molecule has 0 radical (unpaired) electrons. The summed E-state index contributed by atoms with van der Waals surface area (Å²) in [5, 5.41) is 2.44. The van der Waals surface area contributed by atoms with Crippen LogP contribution in [0.25, 0.3) is 0 Å². The SMILES string of the molecule is CCOC(=O)Nc1ccc(S(=O)(=O)Nc2cc(C(=O)OC)cc(C(=O)OC)c2)cc1. The third-order valence-electron chi connectivity index (χ3n) is 3.71. The summed E-state index contributed by atoms with van der Waals surface area (Å²) in [4.78, 5) is 35.0. The molecule has 0 aliphatic rings. The molecule has 0 saturated heterocycles. The maximum atomic E-state index is 12.7. The van der Waals surface area contributed by atoms with Crippen molar-refractivity contribution in [1.82, 2.24) is 0 Å². The van der Waals surface area contributed by atoms with E-state index in [0.29, 0.717) is 5.69 Å². The molecule has 1 amide bonds. The van der Waals surface area contributed by atoms with Gasteiger partial charge < -0.3 is 14.2 Å². The van der Waals surface area contributed by atoms with Gasteiger partial charge >= 0.3 is 18.0 Å². The molecule has 0 aliphatic carbocycles. The predicted molar refractivity (Wildman–Crippen MR) is 107 cm³/mol. The van der Waals surface area contributed by atoms with Gasteiger partial charge in [-0.25, -0.2) is 22.8 Å². The van der Waals surface area contributed by atoms with Crippen LogP contribution in [0.4, 0.5) is 16.2 Å². The molecule has 2 aromatic carbocycles. The quantitative estimate of drug-likeness (QED) is 0.499. The van der Waals surface area contributed by atoms with Crippen LogP contribution in [0.5, 0.6) is 0 Å². The number of amides is 1.